The molecule has 2 aromatic rings. The molecule has 0 fully saturated rings. The third-order valence-corrected chi connectivity index (χ3v) is 6.19. The number of fused-ring (bicyclic) bond motifs is 1. The van der Waals surface area contributed by atoms with E-state index in [4.69, 9.17) is 21.7 Å². The Labute approximate surface area is 208 Å². The van der Waals surface area contributed by atoms with Gasteiger partial charge in [-0.05, 0) is 62.0 Å². The summed E-state index contributed by atoms with van der Waals surface area (Å²) in [6.45, 7) is 4.79. The summed E-state index contributed by atoms with van der Waals surface area (Å²) >= 11 is 5.58. The number of carbonyl (C=O) groups is 1. The molecule has 0 saturated carbocycles. The Morgan fingerprint density at radius 2 is 2.00 bits per heavy atom. The maximum Gasteiger partial charge on any atom is 0.416 e. The first-order chi connectivity index (χ1) is 16.4. The summed E-state index contributed by atoms with van der Waals surface area (Å²) in [5, 5.41) is 6.14. The highest BCUT2D eigenvalue weighted by Gasteiger charge is 2.38. The van der Waals surface area contributed by atoms with Gasteiger partial charge in [-0.2, -0.15) is 13.2 Å². The van der Waals surface area contributed by atoms with Crippen LogP contribution >= 0.6 is 12.2 Å². The highest BCUT2D eigenvalue weighted by Crippen LogP contribution is 2.43. The van der Waals surface area contributed by atoms with Gasteiger partial charge in [0.25, 0.3) is 5.91 Å². The van der Waals surface area contributed by atoms with Crippen molar-refractivity contribution in [3.63, 3.8) is 0 Å². The smallest absolute Gasteiger partial charge is 0.416 e. The van der Waals surface area contributed by atoms with E-state index in [0.29, 0.717) is 41.6 Å². The number of thiocarbonyl (C=S) groups is 1. The maximum absolute atomic E-state index is 13.3. The number of halogens is 3. The van der Waals surface area contributed by atoms with Crippen molar-refractivity contribution in [1.29, 1.82) is 0 Å². The van der Waals surface area contributed by atoms with Crippen LogP contribution in [0.15, 0.2) is 42.5 Å². The van der Waals surface area contributed by atoms with Crippen LogP contribution in [0.25, 0.3) is 0 Å². The second kappa shape index (κ2) is 10.8. The third-order valence-electron chi connectivity index (χ3n) is 5.75. The van der Waals surface area contributed by atoms with Crippen molar-refractivity contribution in [3.05, 3.63) is 64.7 Å². The number of ether oxygens (including phenoxy) is 2. The fourth-order valence-corrected chi connectivity index (χ4v) is 4.31. The standard InChI is InChI=1S/C25H30F3N3O3S/c1-24(2)14-20(19-13-17(8-9-21(19)34-24)22(32)30-10-11-33-4)31(23(35)29-3)15-16-6-5-7-18(12-16)25(26,27)28/h5-9,12-13,20H,10-11,14-15H2,1-4H3,(H,29,35)(H,30,32). The Morgan fingerprint density at radius 3 is 2.66 bits per heavy atom. The van der Waals surface area contributed by atoms with E-state index in [1.807, 2.05) is 18.7 Å². The molecule has 1 aliphatic heterocycles. The second-order valence-electron chi connectivity index (χ2n) is 8.96. The lowest BCUT2D eigenvalue weighted by Gasteiger charge is -2.43. The summed E-state index contributed by atoms with van der Waals surface area (Å²) in [6, 6.07) is 10.1. The predicted octanol–water partition coefficient (Wildman–Crippen LogP) is 4.69. The van der Waals surface area contributed by atoms with Gasteiger partial charge >= 0.3 is 6.18 Å². The zero-order valence-electron chi connectivity index (χ0n) is 20.2. The fraction of sp³-hybridized carbons (Fsp3) is 0.440. The molecule has 0 aliphatic carbocycles. The van der Waals surface area contributed by atoms with Crippen LogP contribution in [-0.4, -0.2) is 48.8 Å². The summed E-state index contributed by atoms with van der Waals surface area (Å²) in [5.41, 5.74) is 0.385. The highest BCUT2D eigenvalue weighted by molar-refractivity contribution is 7.80. The van der Waals surface area contributed by atoms with Crippen molar-refractivity contribution in [2.45, 2.75) is 44.6 Å². The van der Waals surface area contributed by atoms with Crippen LogP contribution in [0, 0.1) is 0 Å². The molecule has 0 spiro atoms. The first kappa shape index (κ1) is 26.7. The average molecular weight is 510 g/mol. The number of nitrogens with one attached hydrogen (secondary N) is 2. The minimum Gasteiger partial charge on any atom is -0.487 e. The predicted molar refractivity (Wildman–Crippen MR) is 131 cm³/mol. The first-order valence-electron chi connectivity index (χ1n) is 11.2. The van der Waals surface area contributed by atoms with E-state index in [9.17, 15) is 18.0 Å². The van der Waals surface area contributed by atoms with Gasteiger partial charge in [0.05, 0.1) is 18.2 Å². The van der Waals surface area contributed by atoms with Gasteiger partial charge in [0.15, 0.2) is 5.11 Å². The normalized spacial score (nSPS) is 16.6. The SMILES string of the molecule is CNC(=S)N(Cc1cccc(C(F)(F)F)c1)C1CC(C)(C)Oc2ccc(C(=O)NCCOC)cc21. The molecule has 1 aliphatic rings. The number of methoxy groups -OCH3 is 1. The lowest BCUT2D eigenvalue weighted by atomic mass is 9.87. The number of amides is 1. The largest absolute Gasteiger partial charge is 0.487 e. The van der Waals surface area contributed by atoms with Crippen LogP contribution in [-0.2, 0) is 17.5 Å². The highest BCUT2D eigenvalue weighted by atomic mass is 32.1. The van der Waals surface area contributed by atoms with Crippen molar-refractivity contribution in [1.82, 2.24) is 15.5 Å². The van der Waals surface area contributed by atoms with Gasteiger partial charge < -0.3 is 25.0 Å². The number of benzene rings is 2. The molecular formula is C25H30F3N3O3S. The monoisotopic (exact) mass is 509 g/mol. The summed E-state index contributed by atoms with van der Waals surface area (Å²) in [4.78, 5) is 14.5. The molecular weight excluding hydrogens is 479 g/mol. The van der Waals surface area contributed by atoms with Gasteiger partial charge in [-0.15, -0.1) is 0 Å². The fourth-order valence-electron chi connectivity index (χ4n) is 4.11. The number of hydrogen-bond acceptors (Lipinski definition) is 4. The van der Waals surface area contributed by atoms with Crippen molar-refractivity contribution in [2.75, 3.05) is 27.3 Å². The Kier molecular flexibility index (Phi) is 8.27. The third kappa shape index (κ3) is 6.64. The average Bonchev–Trinajstić information content (AvgIpc) is 2.80. The lowest BCUT2D eigenvalue weighted by molar-refractivity contribution is -0.137. The number of rotatable bonds is 7. The van der Waals surface area contributed by atoms with Crippen LogP contribution in [0.4, 0.5) is 13.2 Å². The van der Waals surface area contributed by atoms with E-state index >= 15 is 0 Å². The molecule has 1 atom stereocenters. The Hall–Kier alpha value is -2.85. The van der Waals surface area contributed by atoms with Gasteiger partial charge in [0.2, 0.25) is 0 Å². The summed E-state index contributed by atoms with van der Waals surface area (Å²) in [5.74, 6) is 0.349. The van der Waals surface area contributed by atoms with Gasteiger partial charge in [0, 0.05) is 44.8 Å². The van der Waals surface area contributed by atoms with Crippen molar-refractivity contribution < 1.29 is 27.4 Å². The van der Waals surface area contributed by atoms with Crippen molar-refractivity contribution in [2.24, 2.45) is 0 Å². The molecule has 1 unspecified atom stereocenters. The molecule has 35 heavy (non-hydrogen) atoms. The van der Waals surface area contributed by atoms with Crippen LogP contribution in [0.1, 0.15) is 53.4 Å². The minimum absolute atomic E-state index is 0.147. The first-order valence-corrected chi connectivity index (χ1v) is 11.6. The zero-order valence-corrected chi connectivity index (χ0v) is 21.0. The molecule has 0 bridgehead atoms. The molecule has 1 heterocycles. The van der Waals surface area contributed by atoms with E-state index in [-0.39, 0.29) is 18.5 Å². The van der Waals surface area contributed by atoms with E-state index < -0.39 is 17.3 Å². The van der Waals surface area contributed by atoms with Crippen LogP contribution in [0.2, 0.25) is 0 Å². The Balaban J connectivity index is 2.00. The molecule has 2 N–H and O–H groups in total. The Bertz CT molecular complexity index is 1080. The quantitative estimate of drug-likeness (QED) is 0.417. The molecule has 1 amide bonds. The van der Waals surface area contributed by atoms with Crippen molar-refractivity contribution in [3.8, 4) is 5.75 Å². The Morgan fingerprint density at radius 1 is 1.26 bits per heavy atom. The van der Waals surface area contributed by atoms with Gasteiger partial charge in [-0.3, -0.25) is 4.79 Å². The molecule has 190 valence electrons. The van der Waals surface area contributed by atoms with Gasteiger partial charge in [0.1, 0.15) is 11.4 Å². The number of nitrogens with zero attached hydrogens (tertiary/aromatic N) is 1. The summed E-state index contributed by atoms with van der Waals surface area (Å²) in [6.07, 6.45) is -3.93. The van der Waals surface area contributed by atoms with E-state index in [1.54, 1.807) is 38.4 Å². The summed E-state index contributed by atoms with van der Waals surface area (Å²) in [7, 11) is 3.23. The van der Waals surface area contributed by atoms with E-state index in [0.717, 1.165) is 17.7 Å². The second-order valence-corrected chi connectivity index (χ2v) is 9.35. The molecule has 2 aromatic carbocycles. The van der Waals surface area contributed by atoms with E-state index in [2.05, 4.69) is 10.6 Å². The molecule has 10 heteroatoms. The lowest BCUT2D eigenvalue weighted by Crippen LogP contribution is -2.46. The zero-order chi connectivity index (χ0) is 25.8. The molecule has 3 rings (SSSR count). The molecule has 0 saturated heterocycles. The molecule has 0 aromatic heterocycles. The van der Waals surface area contributed by atoms with E-state index in [1.165, 1.54) is 6.07 Å². The van der Waals surface area contributed by atoms with Crippen LogP contribution in [0.5, 0.6) is 5.75 Å². The van der Waals surface area contributed by atoms with Crippen LogP contribution in [0.3, 0.4) is 0 Å². The number of carbonyl (C=O) groups excluding carboxylic acids is 1. The van der Waals surface area contributed by atoms with Crippen LogP contribution < -0.4 is 15.4 Å². The maximum atomic E-state index is 13.3. The van der Waals surface area contributed by atoms with Gasteiger partial charge in [-0.1, -0.05) is 12.1 Å². The molecule has 0 radical (unpaired) electrons. The van der Waals surface area contributed by atoms with Crippen molar-refractivity contribution >= 4 is 23.2 Å². The van der Waals surface area contributed by atoms with Gasteiger partial charge in [-0.25, -0.2) is 0 Å². The topological polar surface area (TPSA) is 62.8 Å². The molecule has 6 nitrogen and oxygen atoms in total. The number of hydrogen-bond donors (Lipinski definition) is 2. The summed E-state index contributed by atoms with van der Waals surface area (Å²) < 4.78 is 51.1. The minimum atomic E-state index is -4.44. The number of alkyl halides is 3.